The Morgan fingerprint density at radius 1 is 1.40 bits per heavy atom. The van der Waals surface area contributed by atoms with Crippen LogP contribution in [-0.4, -0.2) is 30.2 Å². The lowest BCUT2D eigenvalue weighted by molar-refractivity contribution is 0.590. The highest BCUT2D eigenvalue weighted by Crippen LogP contribution is 2.28. The van der Waals surface area contributed by atoms with E-state index in [9.17, 15) is 9.00 Å². The lowest BCUT2D eigenvalue weighted by atomic mass is 9.94. The molecule has 106 valence electrons. The summed E-state index contributed by atoms with van der Waals surface area (Å²) in [5, 5.41) is 0.835. The minimum absolute atomic E-state index is 0.0559. The van der Waals surface area contributed by atoms with Gasteiger partial charge in [0.1, 0.15) is 12.0 Å². The van der Waals surface area contributed by atoms with E-state index in [1.807, 2.05) is 6.07 Å². The first-order chi connectivity index (χ1) is 9.48. The zero-order chi connectivity index (χ0) is 14.3. The fraction of sp³-hybridized carbons (Fsp3) is 0.462. The van der Waals surface area contributed by atoms with Crippen LogP contribution in [0, 0.1) is 4.78 Å². The zero-order valence-electron chi connectivity index (χ0n) is 11.2. The predicted molar refractivity (Wildman–Crippen MR) is 77.4 cm³/mol. The van der Waals surface area contributed by atoms with Gasteiger partial charge in [0.05, 0.1) is 0 Å². The molecule has 20 heavy (non-hydrogen) atoms. The number of pyridine rings is 1. The van der Waals surface area contributed by atoms with Crippen LogP contribution >= 0.6 is 0 Å². The van der Waals surface area contributed by atoms with Crippen molar-refractivity contribution < 1.29 is 4.21 Å². The van der Waals surface area contributed by atoms with Gasteiger partial charge in [-0.15, -0.1) is 0 Å². The van der Waals surface area contributed by atoms with Crippen LogP contribution in [0.5, 0.6) is 0 Å². The van der Waals surface area contributed by atoms with Crippen LogP contribution in [0.25, 0.3) is 11.0 Å². The molecule has 1 saturated heterocycles. The van der Waals surface area contributed by atoms with Crippen LogP contribution in [-0.2, 0) is 16.8 Å². The molecule has 3 rings (SSSR count). The quantitative estimate of drug-likeness (QED) is 0.856. The van der Waals surface area contributed by atoms with Gasteiger partial charge in [-0.1, -0.05) is 0 Å². The van der Waals surface area contributed by atoms with E-state index in [-0.39, 0.29) is 11.5 Å². The van der Waals surface area contributed by atoms with Gasteiger partial charge >= 0.3 is 0 Å². The molecule has 0 atom stereocenters. The van der Waals surface area contributed by atoms with Crippen molar-refractivity contribution in [2.45, 2.75) is 18.8 Å². The Labute approximate surface area is 116 Å². The molecule has 0 saturated carbocycles. The third-order valence-corrected chi connectivity index (χ3v) is 5.72. The number of hydrogen-bond acceptors (Lipinski definition) is 5. The van der Waals surface area contributed by atoms with Crippen molar-refractivity contribution in [3.63, 3.8) is 0 Å². The second kappa shape index (κ2) is 4.66. The molecule has 0 spiro atoms. The summed E-state index contributed by atoms with van der Waals surface area (Å²) in [6.45, 7) is 0. The van der Waals surface area contributed by atoms with Gasteiger partial charge in [0.15, 0.2) is 0 Å². The highest BCUT2D eigenvalue weighted by Gasteiger charge is 2.25. The smallest absolute Gasteiger partial charge is 0.255 e. The average Bonchev–Trinajstić information content (AvgIpc) is 2.43. The number of nitrogens with zero attached hydrogens (tertiary/aromatic N) is 3. The molecule has 1 aliphatic rings. The maximum absolute atomic E-state index is 12.4. The van der Waals surface area contributed by atoms with Crippen molar-refractivity contribution in [1.82, 2.24) is 14.5 Å². The molecule has 1 aliphatic heterocycles. The number of fused-ring (bicyclic) bond motifs is 1. The molecular formula is C13H16N4O2S. The van der Waals surface area contributed by atoms with Crippen molar-refractivity contribution in [1.29, 1.82) is 4.78 Å². The molecule has 1 N–H and O–H groups in total. The first-order valence-electron chi connectivity index (χ1n) is 6.52. The number of aryl methyl sites for hydroxylation is 1. The summed E-state index contributed by atoms with van der Waals surface area (Å²) in [6.07, 6.45) is 4.40. The summed E-state index contributed by atoms with van der Waals surface area (Å²) in [5.74, 6) is 0.840. The number of hydrogen-bond donors (Lipinski definition) is 1. The third-order valence-electron chi connectivity index (χ3n) is 3.93. The van der Waals surface area contributed by atoms with E-state index in [1.54, 1.807) is 17.8 Å². The Hall–Kier alpha value is -1.76. The monoisotopic (exact) mass is 292 g/mol. The highest BCUT2D eigenvalue weighted by atomic mass is 32.2. The highest BCUT2D eigenvalue weighted by molar-refractivity contribution is 7.92. The van der Waals surface area contributed by atoms with Crippen LogP contribution in [0.1, 0.15) is 24.3 Å². The third kappa shape index (κ3) is 2.22. The van der Waals surface area contributed by atoms with Gasteiger partial charge in [0.25, 0.3) is 5.56 Å². The fourth-order valence-corrected chi connectivity index (χ4v) is 4.28. The predicted octanol–water partition coefficient (Wildman–Crippen LogP) is 1.25. The molecule has 0 radical (unpaired) electrons. The van der Waals surface area contributed by atoms with Crippen LogP contribution in [0.15, 0.2) is 23.4 Å². The second-order valence-corrected chi connectivity index (χ2v) is 7.70. The van der Waals surface area contributed by atoms with E-state index in [4.69, 9.17) is 4.78 Å². The van der Waals surface area contributed by atoms with Gasteiger partial charge in [0.2, 0.25) is 0 Å². The molecule has 7 heteroatoms. The standard InChI is InChI=1S/C13H16N4O2S/c1-17-12-10(7-15-8-16-12)6-11(13(17)18)9-2-4-20(14,19)5-3-9/h6-9,14H,2-5H2,1H3. The van der Waals surface area contributed by atoms with Gasteiger partial charge in [0, 0.05) is 45.4 Å². The molecule has 0 amide bonds. The van der Waals surface area contributed by atoms with Gasteiger partial charge < -0.3 is 0 Å². The molecule has 2 aromatic heterocycles. The summed E-state index contributed by atoms with van der Waals surface area (Å²) in [6, 6.07) is 1.85. The normalized spacial score (nSPS) is 26.8. The minimum Gasteiger partial charge on any atom is -0.296 e. The minimum atomic E-state index is -2.42. The average molecular weight is 292 g/mol. The summed E-state index contributed by atoms with van der Waals surface area (Å²) in [7, 11) is -0.717. The molecule has 1 fully saturated rings. The van der Waals surface area contributed by atoms with Gasteiger partial charge in [-0.2, -0.15) is 0 Å². The first-order valence-corrected chi connectivity index (χ1v) is 8.41. The van der Waals surface area contributed by atoms with Crippen molar-refractivity contribution >= 4 is 20.8 Å². The van der Waals surface area contributed by atoms with Crippen LogP contribution in [0.3, 0.4) is 0 Å². The summed E-state index contributed by atoms with van der Waals surface area (Å²) in [4.78, 5) is 20.5. The maximum atomic E-state index is 12.4. The number of nitrogens with one attached hydrogen (secondary N) is 1. The van der Waals surface area contributed by atoms with E-state index in [2.05, 4.69) is 9.97 Å². The van der Waals surface area contributed by atoms with E-state index in [0.29, 0.717) is 30.0 Å². The molecule has 3 heterocycles. The van der Waals surface area contributed by atoms with Gasteiger partial charge in [-0.05, 0) is 24.8 Å². The molecule has 0 aromatic carbocycles. The maximum Gasteiger partial charge on any atom is 0.255 e. The molecule has 0 unspecified atom stereocenters. The van der Waals surface area contributed by atoms with Crippen molar-refractivity contribution in [2.24, 2.45) is 7.05 Å². The Morgan fingerprint density at radius 2 is 2.10 bits per heavy atom. The SMILES string of the molecule is Cn1c(=O)c(C2CCS(=N)(=O)CC2)cc2cncnc21. The Kier molecular flexibility index (Phi) is 3.08. The Morgan fingerprint density at radius 3 is 2.80 bits per heavy atom. The molecule has 0 aliphatic carbocycles. The molecule has 0 bridgehead atoms. The number of aromatic nitrogens is 3. The lowest BCUT2D eigenvalue weighted by Gasteiger charge is -2.23. The Bertz CT molecular complexity index is 812. The largest absolute Gasteiger partial charge is 0.296 e. The summed E-state index contributed by atoms with van der Waals surface area (Å²) < 4.78 is 20.9. The van der Waals surface area contributed by atoms with Crippen LogP contribution in [0.4, 0.5) is 0 Å². The molecule has 2 aromatic rings. The van der Waals surface area contributed by atoms with Gasteiger partial charge in [-0.25, -0.2) is 14.2 Å². The molecular weight excluding hydrogens is 276 g/mol. The second-order valence-electron chi connectivity index (χ2n) is 5.26. The van der Waals surface area contributed by atoms with Crippen molar-refractivity contribution in [2.75, 3.05) is 11.5 Å². The van der Waals surface area contributed by atoms with Crippen molar-refractivity contribution in [3.8, 4) is 0 Å². The summed E-state index contributed by atoms with van der Waals surface area (Å²) in [5.41, 5.74) is 1.29. The lowest BCUT2D eigenvalue weighted by Crippen LogP contribution is -2.28. The molecule has 6 nitrogen and oxygen atoms in total. The van der Waals surface area contributed by atoms with Crippen LogP contribution in [0.2, 0.25) is 0 Å². The van der Waals surface area contributed by atoms with E-state index in [1.165, 1.54) is 6.33 Å². The van der Waals surface area contributed by atoms with Crippen LogP contribution < -0.4 is 5.56 Å². The van der Waals surface area contributed by atoms with E-state index >= 15 is 0 Å². The fourth-order valence-electron chi connectivity index (χ4n) is 2.75. The number of rotatable bonds is 1. The Balaban J connectivity index is 2.09. The van der Waals surface area contributed by atoms with E-state index in [0.717, 1.165) is 10.9 Å². The van der Waals surface area contributed by atoms with E-state index < -0.39 is 9.73 Å². The summed E-state index contributed by atoms with van der Waals surface area (Å²) >= 11 is 0. The van der Waals surface area contributed by atoms with Gasteiger partial charge in [-0.3, -0.25) is 14.1 Å². The first kappa shape index (κ1) is 13.2. The van der Waals surface area contributed by atoms with Crippen molar-refractivity contribution in [3.05, 3.63) is 34.5 Å². The zero-order valence-corrected chi connectivity index (χ0v) is 12.0. The topological polar surface area (TPSA) is 88.7 Å².